The van der Waals surface area contributed by atoms with E-state index in [9.17, 15) is 27.9 Å². The Morgan fingerprint density at radius 1 is 1.19 bits per heavy atom. The second-order valence-corrected chi connectivity index (χ2v) is 7.01. The number of fused-ring (bicyclic) bond motifs is 1. The van der Waals surface area contributed by atoms with Crippen molar-refractivity contribution in [2.75, 3.05) is 16.8 Å². The summed E-state index contributed by atoms with van der Waals surface area (Å²) in [6.07, 6.45) is -0.470. The highest BCUT2D eigenvalue weighted by atomic mass is 19.4. The number of aliphatic hydroxyl groups excluding tert-OH is 1. The molecule has 0 bridgehead atoms. The van der Waals surface area contributed by atoms with Crippen molar-refractivity contribution in [2.24, 2.45) is 0 Å². The molecule has 1 aliphatic rings. The molecule has 0 fully saturated rings. The van der Waals surface area contributed by atoms with Crippen LogP contribution in [0.5, 0.6) is 0 Å². The average molecular weight is 443 g/mol. The zero-order valence-corrected chi connectivity index (χ0v) is 16.4. The zero-order chi connectivity index (χ0) is 23.0. The molecule has 0 atom stereocenters. The van der Waals surface area contributed by atoms with Crippen LogP contribution in [0.1, 0.15) is 32.0 Å². The number of alkyl halides is 3. The van der Waals surface area contributed by atoms with Crippen LogP contribution in [0.15, 0.2) is 55.5 Å². The summed E-state index contributed by atoms with van der Waals surface area (Å²) >= 11 is 0. The number of aliphatic hydroxyl groups is 1. The molecule has 0 unspecified atom stereocenters. The summed E-state index contributed by atoms with van der Waals surface area (Å²) in [5, 5.41) is 15.9. The minimum Gasteiger partial charge on any atom is -0.392 e. The van der Waals surface area contributed by atoms with E-state index in [1.807, 2.05) is 0 Å². The van der Waals surface area contributed by atoms with Crippen molar-refractivity contribution in [1.82, 2.24) is 14.8 Å². The fraction of sp³-hybridized carbons (Fsp3) is 0.143. The fourth-order valence-corrected chi connectivity index (χ4v) is 3.29. The topological polar surface area (TPSA) is 100 Å². The molecule has 8 nitrogen and oxygen atoms in total. The first kappa shape index (κ1) is 21.2. The van der Waals surface area contributed by atoms with Crippen LogP contribution in [-0.4, -0.2) is 38.2 Å². The Morgan fingerprint density at radius 3 is 2.56 bits per heavy atom. The van der Waals surface area contributed by atoms with Gasteiger partial charge in [0.25, 0.3) is 11.8 Å². The Bertz CT molecular complexity index is 1220. The Labute approximate surface area is 179 Å². The molecular formula is C21H16F3N5O3. The van der Waals surface area contributed by atoms with Gasteiger partial charge < -0.3 is 15.3 Å². The van der Waals surface area contributed by atoms with Crippen molar-refractivity contribution in [1.29, 1.82) is 0 Å². The van der Waals surface area contributed by atoms with E-state index >= 15 is 0 Å². The van der Waals surface area contributed by atoms with E-state index in [1.54, 1.807) is 0 Å². The number of hydrogen-bond donors (Lipinski definition) is 2. The van der Waals surface area contributed by atoms with Gasteiger partial charge in [-0.2, -0.15) is 18.3 Å². The molecule has 2 aromatic heterocycles. The van der Waals surface area contributed by atoms with Gasteiger partial charge in [0.15, 0.2) is 0 Å². The molecule has 0 radical (unpaired) electrons. The summed E-state index contributed by atoms with van der Waals surface area (Å²) in [5.74, 6) is -1.25. The number of hydrogen-bond acceptors (Lipinski definition) is 5. The molecule has 2 amide bonds. The Morgan fingerprint density at radius 2 is 1.91 bits per heavy atom. The zero-order valence-electron chi connectivity index (χ0n) is 16.4. The molecule has 164 valence electrons. The van der Waals surface area contributed by atoms with Gasteiger partial charge in [0.2, 0.25) is 0 Å². The van der Waals surface area contributed by atoms with Gasteiger partial charge in [0, 0.05) is 11.9 Å². The quantitative estimate of drug-likeness (QED) is 0.645. The monoisotopic (exact) mass is 443 g/mol. The van der Waals surface area contributed by atoms with Crippen molar-refractivity contribution in [3.63, 3.8) is 0 Å². The summed E-state index contributed by atoms with van der Waals surface area (Å²) in [6, 6.07) is 5.66. The Hall–Kier alpha value is -3.99. The third-order valence-electron chi connectivity index (χ3n) is 4.84. The van der Waals surface area contributed by atoms with Gasteiger partial charge >= 0.3 is 6.18 Å². The largest absolute Gasteiger partial charge is 0.416 e. The van der Waals surface area contributed by atoms with Crippen molar-refractivity contribution < 1.29 is 27.9 Å². The maximum absolute atomic E-state index is 13.2. The van der Waals surface area contributed by atoms with Gasteiger partial charge in [0.1, 0.15) is 5.69 Å². The Balaban J connectivity index is 1.64. The molecular weight excluding hydrogens is 427 g/mol. The number of nitrogens with one attached hydrogen (secondary N) is 1. The molecule has 0 spiro atoms. The summed E-state index contributed by atoms with van der Waals surface area (Å²) in [5.41, 5.74) is 0.437. The van der Waals surface area contributed by atoms with E-state index in [2.05, 4.69) is 22.0 Å². The average Bonchev–Trinajstić information content (AvgIpc) is 3.22. The lowest BCUT2D eigenvalue weighted by Gasteiger charge is -2.29. The van der Waals surface area contributed by atoms with E-state index < -0.39 is 23.6 Å². The molecule has 1 aromatic carbocycles. The number of amides is 2. The minimum absolute atomic E-state index is 0.0115. The van der Waals surface area contributed by atoms with Crippen molar-refractivity contribution >= 4 is 28.9 Å². The van der Waals surface area contributed by atoms with Crippen LogP contribution < -0.4 is 10.2 Å². The second kappa shape index (κ2) is 7.93. The molecule has 0 aliphatic carbocycles. The Kier molecular flexibility index (Phi) is 5.26. The van der Waals surface area contributed by atoms with E-state index in [-0.39, 0.29) is 30.1 Å². The molecule has 2 N–H and O–H groups in total. The molecule has 11 heteroatoms. The molecule has 1 aliphatic heterocycles. The lowest BCUT2D eigenvalue weighted by Crippen LogP contribution is -2.40. The molecule has 3 heterocycles. The number of aromatic nitrogens is 3. The van der Waals surface area contributed by atoms with Crippen molar-refractivity contribution in [2.45, 2.75) is 12.8 Å². The van der Waals surface area contributed by atoms with E-state index in [0.29, 0.717) is 16.9 Å². The normalized spacial score (nSPS) is 13.8. The number of carbonyl (C=O) groups is 2. The molecule has 4 rings (SSSR count). The lowest BCUT2D eigenvalue weighted by atomic mass is 10.1. The molecule has 32 heavy (non-hydrogen) atoms. The highest BCUT2D eigenvalue weighted by molar-refractivity contribution is 6.17. The van der Waals surface area contributed by atoms with Crippen LogP contribution >= 0.6 is 0 Å². The van der Waals surface area contributed by atoms with Gasteiger partial charge in [-0.1, -0.05) is 6.58 Å². The van der Waals surface area contributed by atoms with Gasteiger partial charge in [0.05, 0.1) is 48.1 Å². The van der Waals surface area contributed by atoms with Crippen molar-refractivity contribution in [3.05, 3.63) is 77.9 Å². The van der Waals surface area contributed by atoms with Crippen LogP contribution in [0.2, 0.25) is 0 Å². The number of halogens is 3. The number of pyridine rings is 1. The summed E-state index contributed by atoms with van der Waals surface area (Å²) in [4.78, 5) is 31.1. The van der Waals surface area contributed by atoms with Crippen LogP contribution in [0.4, 0.5) is 24.5 Å². The van der Waals surface area contributed by atoms with Gasteiger partial charge in [-0.05, 0) is 35.9 Å². The fourth-order valence-electron chi connectivity index (χ4n) is 3.29. The van der Waals surface area contributed by atoms with Gasteiger partial charge in [-0.15, -0.1) is 0 Å². The maximum atomic E-state index is 13.2. The predicted molar refractivity (Wildman–Crippen MR) is 109 cm³/mol. The molecule has 0 saturated heterocycles. The van der Waals surface area contributed by atoms with E-state index in [0.717, 1.165) is 12.1 Å². The number of rotatable bonds is 4. The third-order valence-corrected chi connectivity index (χ3v) is 4.84. The smallest absolute Gasteiger partial charge is 0.392 e. The second-order valence-electron chi connectivity index (χ2n) is 7.01. The first-order valence-corrected chi connectivity index (χ1v) is 9.30. The third kappa shape index (κ3) is 3.85. The minimum atomic E-state index is -4.50. The number of nitrogens with zero attached hydrogens (tertiary/aromatic N) is 4. The van der Waals surface area contributed by atoms with Gasteiger partial charge in [-0.3, -0.25) is 14.6 Å². The highest BCUT2D eigenvalue weighted by Crippen LogP contribution is 2.32. The molecule has 3 aromatic rings. The summed E-state index contributed by atoms with van der Waals surface area (Å²) < 4.78 is 39.8. The van der Waals surface area contributed by atoms with Crippen LogP contribution in [0.25, 0.3) is 5.70 Å². The van der Waals surface area contributed by atoms with Crippen LogP contribution in [0.3, 0.4) is 0 Å². The number of carbonyl (C=O) groups excluding carboxylic acids is 2. The maximum Gasteiger partial charge on any atom is 0.416 e. The van der Waals surface area contributed by atoms with Crippen molar-refractivity contribution in [3.8, 4) is 0 Å². The predicted octanol–water partition coefficient (Wildman–Crippen LogP) is 3.17. The van der Waals surface area contributed by atoms with E-state index in [4.69, 9.17) is 0 Å². The lowest BCUT2D eigenvalue weighted by molar-refractivity contribution is -0.137. The number of anilines is 2. The van der Waals surface area contributed by atoms with Gasteiger partial charge in [-0.25, -0.2) is 4.68 Å². The number of benzene rings is 1. The first-order chi connectivity index (χ1) is 15.2. The van der Waals surface area contributed by atoms with Crippen LogP contribution in [-0.2, 0) is 12.8 Å². The molecule has 0 saturated carbocycles. The summed E-state index contributed by atoms with van der Waals surface area (Å²) in [6.45, 7) is 3.58. The summed E-state index contributed by atoms with van der Waals surface area (Å²) in [7, 11) is 0. The SMILES string of the molecule is C=C1CN(c2ccc(C(F)(F)F)cc2)C(=O)c2c(C(=O)Nc3cncc(CO)c3)cnn21. The standard InChI is InChI=1S/C21H16F3N5O3/c1-12-10-28(16-4-2-14(3-5-16)21(22,23)24)20(32)18-17(9-26-29(12)18)19(31)27-15-6-13(11-30)7-25-8-15/h2-9,30H,1,10-11H2,(H,27,31). The highest BCUT2D eigenvalue weighted by Gasteiger charge is 2.35. The van der Waals surface area contributed by atoms with E-state index in [1.165, 1.54) is 46.4 Å². The van der Waals surface area contributed by atoms with Crippen LogP contribution in [0, 0.1) is 0 Å². The first-order valence-electron chi connectivity index (χ1n) is 9.30.